The number of nitrogens with one attached hydrogen (secondary N) is 4. The zero-order valence-electron chi connectivity index (χ0n) is 26.1. The van der Waals surface area contributed by atoms with E-state index in [1.54, 1.807) is 30.3 Å². The van der Waals surface area contributed by atoms with Crippen molar-refractivity contribution in [2.75, 3.05) is 13.1 Å². The van der Waals surface area contributed by atoms with Crippen LogP contribution in [0.2, 0.25) is 0 Å². The van der Waals surface area contributed by atoms with Crippen LogP contribution in [-0.2, 0) is 41.6 Å². The number of phenolic OH excluding ortho intramolecular Hbond substituents is 1. The van der Waals surface area contributed by atoms with Crippen molar-refractivity contribution in [1.29, 1.82) is 0 Å². The summed E-state index contributed by atoms with van der Waals surface area (Å²) < 4.78 is 0. The van der Waals surface area contributed by atoms with Crippen LogP contribution in [0.15, 0.2) is 59.6 Å². The van der Waals surface area contributed by atoms with Crippen molar-refractivity contribution in [3.05, 3.63) is 65.7 Å². The van der Waals surface area contributed by atoms with Gasteiger partial charge in [0, 0.05) is 25.8 Å². The van der Waals surface area contributed by atoms with Gasteiger partial charge < -0.3 is 53.8 Å². The van der Waals surface area contributed by atoms with Crippen molar-refractivity contribution in [1.82, 2.24) is 21.3 Å². The Balaban J connectivity index is 2.38. The maximum atomic E-state index is 13.8. The van der Waals surface area contributed by atoms with E-state index in [0.29, 0.717) is 11.1 Å². The fourth-order valence-electron chi connectivity index (χ4n) is 4.50. The number of aliphatic carboxylic acids is 2. The van der Waals surface area contributed by atoms with Crippen molar-refractivity contribution in [3.8, 4) is 5.75 Å². The Morgan fingerprint density at radius 3 is 1.71 bits per heavy atom. The second kappa shape index (κ2) is 19.7. The van der Waals surface area contributed by atoms with Crippen molar-refractivity contribution in [2.45, 2.75) is 62.7 Å². The maximum Gasteiger partial charge on any atom is 0.326 e. The summed E-state index contributed by atoms with van der Waals surface area (Å²) in [5, 5.41) is 38.3. The van der Waals surface area contributed by atoms with Crippen LogP contribution in [0.1, 0.15) is 36.8 Å². The summed E-state index contributed by atoms with van der Waals surface area (Å²) in [5.74, 6) is -6.02. The van der Waals surface area contributed by atoms with Crippen LogP contribution in [0.4, 0.5) is 0 Å². The van der Waals surface area contributed by atoms with E-state index in [9.17, 15) is 39.0 Å². The normalized spacial score (nSPS) is 13.1. The van der Waals surface area contributed by atoms with Crippen LogP contribution < -0.4 is 38.5 Å². The average molecular weight is 671 g/mol. The predicted molar refractivity (Wildman–Crippen MR) is 173 cm³/mol. The highest BCUT2D eigenvalue weighted by atomic mass is 16.4. The number of guanidine groups is 1. The maximum absolute atomic E-state index is 13.8. The molecule has 0 unspecified atom stereocenters. The first-order chi connectivity index (χ1) is 22.8. The lowest BCUT2D eigenvalue weighted by atomic mass is 10.0. The van der Waals surface area contributed by atoms with Gasteiger partial charge in [-0.3, -0.25) is 29.0 Å². The van der Waals surface area contributed by atoms with Gasteiger partial charge in [0.25, 0.3) is 0 Å². The molecule has 48 heavy (non-hydrogen) atoms. The molecule has 4 atom stereocenters. The molecule has 0 aliphatic heterocycles. The lowest BCUT2D eigenvalue weighted by molar-refractivity contribution is -0.143. The summed E-state index contributed by atoms with van der Waals surface area (Å²) in [6.07, 6.45) is -0.763. The average Bonchev–Trinajstić information content (AvgIpc) is 3.04. The Morgan fingerprint density at radius 1 is 0.688 bits per heavy atom. The van der Waals surface area contributed by atoms with Gasteiger partial charge in [0.05, 0.1) is 6.54 Å². The van der Waals surface area contributed by atoms with Crippen LogP contribution in [0.3, 0.4) is 0 Å². The first-order valence-electron chi connectivity index (χ1n) is 15.0. The van der Waals surface area contributed by atoms with Gasteiger partial charge in [0.15, 0.2) is 5.96 Å². The van der Waals surface area contributed by atoms with E-state index in [2.05, 4.69) is 26.3 Å². The largest absolute Gasteiger partial charge is 0.508 e. The van der Waals surface area contributed by atoms with E-state index in [4.69, 9.17) is 22.3 Å². The van der Waals surface area contributed by atoms with E-state index >= 15 is 0 Å². The number of nitrogens with two attached hydrogens (primary N) is 3. The van der Waals surface area contributed by atoms with Gasteiger partial charge in [-0.2, -0.15) is 0 Å². The molecule has 260 valence electrons. The van der Waals surface area contributed by atoms with Gasteiger partial charge in [-0.05, 0) is 42.5 Å². The number of aromatic hydroxyl groups is 1. The van der Waals surface area contributed by atoms with Crippen LogP contribution in [0.5, 0.6) is 5.75 Å². The van der Waals surface area contributed by atoms with Crippen molar-refractivity contribution in [2.24, 2.45) is 22.2 Å². The summed E-state index contributed by atoms with van der Waals surface area (Å²) in [6.45, 7) is -0.236. The molecule has 2 aromatic rings. The standard InChI is InChI=1S/C31H42N8O9/c32-17-25(41)36-21(7-4-14-35-31(33)34)27(44)38-23(15-18-5-2-1-3-6-18)29(46)39-24(16-19-8-10-20(40)11-9-19)28(45)37-22(30(47)48)12-13-26(42)43/h1-3,5-6,8-11,21-24,40H,4,7,12-17,32H2,(H,36,41)(H,37,45)(H,38,44)(H,39,46)(H,42,43)(H,47,48)(H4,33,34,35)/t21-,22-,23-,24-/m0/s1. The molecule has 2 aromatic carbocycles. The smallest absolute Gasteiger partial charge is 0.326 e. The van der Waals surface area contributed by atoms with Gasteiger partial charge in [-0.25, -0.2) is 4.79 Å². The first kappa shape index (κ1) is 38.5. The quantitative estimate of drug-likeness (QED) is 0.0419. The summed E-state index contributed by atoms with van der Waals surface area (Å²) in [7, 11) is 0. The molecule has 0 spiro atoms. The van der Waals surface area contributed by atoms with E-state index in [1.807, 2.05) is 0 Å². The summed E-state index contributed by atoms with van der Waals surface area (Å²) in [4.78, 5) is 79.5. The molecular formula is C31H42N8O9. The van der Waals surface area contributed by atoms with Crippen molar-refractivity contribution < 1.29 is 44.1 Å². The Hall–Kier alpha value is -5.71. The molecule has 0 fully saturated rings. The van der Waals surface area contributed by atoms with Crippen LogP contribution in [0, 0.1) is 0 Å². The Kier molecular flexibility index (Phi) is 15.8. The number of carbonyl (C=O) groups is 6. The number of hydrogen-bond acceptors (Lipinski definition) is 9. The molecule has 17 heteroatoms. The fourth-order valence-corrected chi connectivity index (χ4v) is 4.50. The van der Waals surface area contributed by atoms with E-state index in [0.717, 1.165) is 0 Å². The van der Waals surface area contributed by atoms with Crippen LogP contribution >= 0.6 is 0 Å². The molecular weight excluding hydrogens is 628 g/mol. The van der Waals surface area contributed by atoms with E-state index in [1.165, 1.54) is 24.3 Å². The van der Waals surface area contributed by atoms with E-state index in [-0.39, 0.29) is 43.9 Å². The second-order valence-electron chi connectivity index (χ2n) is 10.8. The SMILES string of the molecule is NCC(=O)N[C@@H](CCCN=C(N)N)C(=O)N[C@@H](Cc1ccccc1)C(=O)N[C@@H](Cc1ccc(O)cc1)C(=O)N[C@@H](CCC(=O)O)C(=O)O. The van der Waals surface area contributed by atoms with Gasteiger partial charge in [0.1, 0.15) is 29.9 Å². The summed E-state index contributed by atoms with van der Waals surface area (Å²) in [5.41, 5.74) is 17.3. The molecule has 13 N–H and O–H groups in total. The van der Waals surface area contributed by atoms with Crippen molar-refractivity contribution in [3.63, 3.8) is 0 Å². The third-order valence-corrected chi connectivity index (χ3v) is 6.97. The minimum atomic E-state index is -1.57. The molecule has 17 nitrogen and oxygen atoms in total. The lowest BCUT2D eigenvalue weighted by Gasteiger charge is -2.26. The van der Waals surface area contributed by atoms with Gasteiger partial charge in [0.2, 0.25) is 23.6 Å². The summed E-state index contributed by atoms with van der Waals surface area (Å²) >= 11 is 0. The third-order valence-electron chi connectivity index (χ3n) is 6.97. The predicted octanol–water partition coefficient (Wildman–Crippen LogP) is -1.92. The molecule has 0 radical (unpaired) electrons. The Morgan fingerprint density at radius 2 is 1.21 bits per heavy atom. The fraction of sp³-hybridized carbons (Fsp3) is 0.387. The Labute approximate surface area is 276 Å². The second-order valence-corrected chi connectivity index (χ2v) is 10.8. The monoisotopic (exact) mass is 670 g/mol. The summed E-state index contributed by atoms with van der Waals surface area (Å²) in [6, 6.07) is 8.99. The number of carboxylic acids is 2. The zero-order chi connectivity index (χ0) is 35.6. The Bertz CT molecular complexity index is 1430. The highest BCUT2D eigenvalue weighted by molar-refractivity contribution is 5.95. The molecule has 0 saturated carbocycles. The molecule has 4 amide bonds. The number of rotatable bonds is 20. The third kappa shape index (κ3) is 14.2. The first-order valence-corrected chi connectivity index (χ1v) is 15.0. The molecule has 2 rings (SSSR count). The number of nitrogens with zero attached hydrogens (tertiary/aromatic N) is 1. The minimum absolute atomic E-state index is 0.0338. The highest BCUT2D eigenvalue weighted by Crippen LogP contribution is 2.13. The number of aliphatic imine (C=N–C) groups is 1. The number of carboxylic acid groups (broad SMARTS) is 2. The molecule has 0 aromatic heterocycles. The number of hydrogen-bond donors (Lipinski definition) is 10. The number of amides is 4. The van der Waals surface area contributed by atoms with Crippen LogP contribution in [0.25, 0.3) is 0 Å². The lowest BCUT2D eigenvalue weighted by Crippen LogP contribution is -2.59. The zero-order valence-corrected chi connectivity index (χ0v) is 26.1. The highest BCUT2D eigenvalue weighted by Gasteiger charge is 2.32. The molecule has 0 aliphatic rings. The molecule has 0 aliphatic carbocycles. The van der Waals surface area contributed by atoms with Crippen molar-refractivity contribution >= 4 is 41.5 Å². The van der Waals surface area contributed by atoms with E-state index < -0.39 is 79.1 Å². The number of phenols is 1. The van der Waals surface area contributed by atoms with Gasteiger partial charge >= 0.3 is 11.9 Å². The molecule has 0 heterocycles. The van der Waals surface area contributed by atoms with Gasteiger partial charge in [-0.1, -0.05) is 42.5 Å². The molecule has 0 bridgehead atoms. The number of carbonyl (C=O) groups excluding carboxylic acids is 4. The number of benzene rings is 2. The van der Waals surface area contributed by atoms with Crippen LogP contribution in [-0.4, -0.2) is 94.1 Å². The minimum Gasteiger partial charge on any atom is -0.508 e. The topological polar surface area (TPSA) is 302 Å². The molecule has 0 saturated heterocycles. The van der Waals surface area contributed by atoms with Gasteiger partial charge in [-0.15, -0.1) is 0 Å².